The highest BCUT2D eigenvalue weighted by Gasteiger charge is 2.41. The minimum Gasteiger partial charge on any atom is -0.338 e. The Hall–Kier alpha value is -1.84. The molecular formula is C22H25ClN2O. The molecule has 0 aromatic heterocycles. The molecule has 1 spiro atoms. The van der Waals surface area contributed by atoms with Gasteiger partial charge in [0.05, 0.1) is 0 Å². The minimum absolute atomic E-state index is 0.146. The van der Waals surface area contributed by atoms with Crippen molar-refractivity contribution in [2.75, 3.05) is 33.2 Å². The molecule has 26 heavy (non-hydrogen) atoms. The number of carbonyl (C=O) groups excluding carboxylic acids is 1. The van der Waals surface area contributed by atoms with Crippen LogP contribution in [0.25, 0.3) is 11.1 Å². The van der Waals surface area contributed by atoms with E-state index >= 15 is 0 Å². The molecule has 1 unspecified atom stereocenters. The molecule has 1 amide bonds. The van der Waals surface area contributed by atoms with Gasteiger partial charge in [-0.3, -0.25) is 4.79 Å². The molecule has 2 aromatic carbocycles. The number of hydrogen-bond acceptors (Lipinski definition) is 2. The molecule has 136 valence electrons. The molecule has 2 fully saturated rings. The van der Waals surface area contributed by atoms with E-state index in [-0.39, 0.29) is 5.91 Å². The normalized spacial score (nSPS) is 23.5. The van der Waals surface area contributed by atoms with Gasteiger partial charge in [-0.05, 0) is 56.6 Å². The van der Waals surface area contributed by atoms with Crippen LogP contribution in [0.2, 0.25) is 5.02 Å². The van der Waals surface area contributed by atoms with E-state index in [1.54, 1.807) is 0 Å². The van der Waals surface area contributed by atoms with Crippen LogP contribution in [0.3, 0.4) is 0 Å². The third-order valence-electron chi connectivity index (χ3n) is 5.87. The monoisotopic (exact) mass is 368 g/mol. The standard InChI is InChI=1S/C22H25ClN2O/c1-24-13-11-22(15-24)10-5-12-25(16-22)21(26)18-7-4-6-17(14-18)19-8-2-3-9-20(19)23/h2-4,6-9,14H,5,10-13,15-16H2,1H3. The van der Waals surface area contributed by atoms with E-state index in [9.17, 15) is 4.79 Å². The van der Waals surface area contributed by atoms with Crippen molar-refractivity contribution in [1.82, 2.24) is 9.80 Å². The number of halogens is 1. The maximum Gasteiger partial charge on any atom is 0.253 e. The fourth-order valence-electron chi connectivity index (χ4n) is 4.57. The fourth-order valence-corrected chi connectivity index (χ4v) is 4.82. The maximum atomic E-state index is 13.2. The van der Waals surface area contributed by atoms with Gasteiger partial charge in [-0.1, -0.05) is 41.9 Å². The summed E-state index contributed by atoms with van der Waals surface area (Å²) in [7, 11) is 2.18. The molecule has 4 rings (SSSR count). The Morgan fingerprint density at radius 2 is 1.88 bits per heavy atom. The average molecular weight is 369 g/mol. The summed E-state index contributed by atoms with van der Waals surface area (Å²) in [6, 6.07) is 15.6. The second-order valence-electron chi connectivity index (χ2n) is 7.88. The van der Waals surface area contributed by atoms with Gasteiger partial charge in [-0.15, -0.1) is 0 Å². The smallest absolute Gasteiger partial charge is 0.253 e. The Morgan fingerprint density at radius 1 is 1.04 bits per heavy atom. The molecule has 0 bridgehead atoms. The van der Waals surface area contributed by atoms with Gasteiger partial charge in [0.25, 0.3) is 5.91 Å². The zero-order valence-corrected chi connectivity index (χ0v) is 16.0. The molecule has 2 saturated heterocycles. The molecule has 0 aliphatic carbocycles. The van der Waals surface area contributed by atoms with Crippen molar-refractivity contribution in [3.8, 4) is 11.1 Å². The molecule has 2 heterocycles. The van der Waals surface area contributed by atoms with Crippen molar-refractivity contribution < 1.29 is 4.79 Å². The lowest BCUT2D eigenvalue weighted by Gasteiger charge is -2.40. The zero-order chi connectivity index (χ0) is 18.1. The van der Waals surface area contributed by atoms with Crippen LogP contribution in [0.5, 0.6) is 0 Å². The van der Waals surface area contributed by atoms with Crippen LogP contribution in [0.1, 0.15) is 29.6 Å². The molecule has 2 aliphatic rings. The van der Waals surface area contributed by atoms with Crippen LogP contribution < -0.4 is 0 Å². The van der Waals surface area contributed by atoms with Crippen LogP contribution in [-0.4, -0.2) is 48.9 Å². The van der Waals surface area contributed by atoms with Crippen LogP contribution in [0, 0.1) is 5.41 Å². The lowest BCUT2D eigenvalue weighted by Crippen LogP contribution is -2.47. The SMILES string of the molecule is CN1CCC2(CCCN(C(=O)c3cccc(-c4ccccc4Cl)c3)C2)C1. The van der Waals surface area contributed by atoms with E-state index < -0.39 is 0 Å². The maximum absolute atomic E-state index is 13.2. The van der Waals surface area contributed by atoms with Crippen molar-refractivity contribution in [3.63, 3.8) is 0 Å². The first-order valence-electron chi connectivity index (χ1n) is 9.39. The first-order valence-corrected chi connectivity index (χ1v) is 9.77. The first kappa shape index (κ1) is 17.6. The van der Waals surface area contributed by atoms with E-state index in [2.05, 4.69) is 16.8 Å². The van der Waals surface area contributed by atoms with Gasteiger partial charge in [-0.25, -0.2) is 0 Å². The number of amides is 1. The third-order valence-corrected chi connectivity index (χ3v) is 6.20. The summed E-state index contributed by atoms with van der Waals surface area (Å²) in [6.45, 7) is 3.99. The van der Waals surface area contributed by atoms with E-state index in [0.29, 0.717) is 10.4 Å². The van der Waals surface area contributed by atoms with Crippen LogP contribution in [-0.2, 0) is 0 Å². The number of likely N-dealkylation sites (tertiary alicyclic amines) is 2. The molecule has 0 radical (unpaired) electrons. The van der Waals surface area contributed by atoms with Gasteiger partial charge in [0.2, 0.25) is 0 Å². The number of piperidine rings is 1. The highest BCUT2D eigenvalue weighted by Crippen LogP contribution is 2.39. The predicted molar refractivity (Wildman–Crippen MR) is 107 cm³/mol. The first-order chi connectivity index (χ1) is 12.6. The van der Waals surface area contributed by atoms with Gasteiger partial charge < -0.3 is 9.80 Å². The Bertz CT molecular complexity index is 817. The summed E-state index contributed by atoms with van der Waals surface area (Å²) in [4.78, 5) is 17.6. The Kier molecular flexibility index (Phi) is 4.76. The third kappa shape index (κ3) is 3.38. The summed E-state index contributed by atoms with van der Waals surface area (Å²) in [5.74, 6) is 0.146. The molecule has 1 atom stereocenters. The van der Waals surface area contributed by atoms with Crippen LogP contribution in [0.15, 0.2) is 48.5 Å². The van der Waals surface area contributed by atoms with E-state index in [4.69, 9.17) is 11.6 Å². The van der Waals surface area contributed by atoms with Gasteiger partial charge in [0.15, 0.2) is 0 Å². The summed E-state index contributed by atoms with van der Waals surface area (Å²) in [5.41, 5.74) is 3.01. The average Bonchev–Trinajstić information content (AvgIpc) is 3.01. The Balaban J connectivity index is 1.57. The summed E-state index contributed by atoms with van der Waals surface area (Å²) in [6.07, 6.45) is 3.54. The second kappa shape index (κ2) is 7.05. The lowest BCUT2D eigenvalue weighted by atomic mass is 9.79. The second-order valence-corrected chi connectivity index (χ2v) is 8.29. The highest BCUT2D eigenvalue weighted by molar-refractivity contribution is 6.33. The quantitative estimate of drug-likeness (QED) is 0.775. The van der Waals surface area contributed by atoms with Gasteiger partial charge in [0, 0.05) is 41.2 Å². The topological polar surface area (TPSA) is 23.6 Å². The number of carbonyl (C=O) groups is 1. The molecule has 4 heteroatoms. The van der Waals surface area contributed by atoms with Crippen LogP contribution >= 0.6 is 11.6 Å². The van der Waals surface area contributed by atoms with E-state index in [0.717, 1.165) is 49.3 Å². The largest absolute Gasteiger partial charge is 0.338 e. The van der Waals surface area contributed by atoms with Gasteiger partial charge in [0.1, 0.15) is 0 Å². The number of benzene rings is 2. The molecular weight excluding hydrogens is 344 g/mol. The number of hydrogen-bond donors (Lipinski definition) is 0. The van der Waals surface area contributed by atoms with Crippen molar-refractivity contribution >= 4 is 17.5 Å². The predicted octanol–water partition coefficient (Wildman–Crippen LogP) is 4.56. The Morgan fingerprint density at radius 3 is 2.65 bits per heavy atom. The summed E-state index contributed by atoms with van der Waals surface area (Å²) >= 11 is 6.33. The highest BCUT2D eigenvalue weighted by atomic mass is 35.5. The fraction of sp³-hybridized carbons (Fsp3) is 0.409. The minimum atomic E-state index is 0.146. The van der Waals surface area contributed by atoms with Gasteiger partial charge >= 0.3 is 0 Å². The molecule has 2 aliphatic heterocycles. The lowest BCUT2D eigenvalue weighted by molar-refractivity contribution is 0.0534. The van der Waals surface area contributed by atoms with Crippen molar-refractivity contribution in [3.05, 3.63) is 59.1 Å². The molecule has 3 nitrogen and oxygen atoms in total. The zero-order valence-electron chi connectivity index (χ0n) is 15.2. The van der Waals surface area contributed by atoms with Crippen LogP contribution in [0.4, 0.5) is 0 Å². The molecule has 0 saturated carbocycles. The van der Waals surface area contributed by atoms with Crippen molar-refractivity contribution in [1.29, 1.82) is 0 Å². The van der Waals surface area contributed by atoms with E-state index in [1.165, 1.54) is 12.8 Å². The van der Waals surface area contributed by atoms with Crippen molar-refractivity contribution in [2.24, 2.45) is 5.41 Å². The van der Waals surface area contributed by atoms with E-state index in [1.807, 2.05) is 48.5 Å². The number of rotatable bonds is 2. The summed E-state index contributed by atoms with van der Waals surface area (Å²) in [5, 5.41) is 0.711. The number of nitrogens with zero attached hydrogens (tertiary/aromatic N) is 2. The summed E-state index contributed by atoms with van der Waals surface area (Å²) < 4.78 is 0. The van der Waals surface area contributed by atoms with Gasteiger partial charge in [-0.2, -0.15) is 0 Å². The molecule has 0 N–H and O–H groups in total. The Labute approximate surface area is 160 Å². The van der Waals surface area contributed by atoms with Crippen molar-refractivity contribution in [2.45, 2.75) is 19.3 Å². The molecule has 2 aromatic rings.